The summed E-state index contributed by atoms with van der Waals surface area (Å²) in [4.78, 5) is 44.9. The third kappa shape index (κ3) is 12.1. The average molecular weight is 492 g/mol. The molecule has 1 aromatic rings. The van der Waals surface area contributed by atoms with E-state index < -0.39 is 35.3 Å². The Kier molecular flexibility index (Phi) is 11.2. The summed E-state index contributed by atoms with van der Waals surface area (Å²) in [6.07, 6.45) is -0.222. The van der Waals surface area contributed by atoms with Gasteiger partial charge in [-0.25, -0.2) is 9.59 Å². The Morgan fingerprint density at radius 1 is 0.943 bits per heavy atom. The van der Waals surface area contributed by atoms with Crippen molar-refractivity contribution in [3.63, 3.8) is 0 Å². The maximum atomic E-state index is 13.3. The number of amides is 2. The molecule has 0 aliphatic carbocycles. The predicted octanol–water partition coefficient (Wildman–Crippen LogP) is 4.83. The Morgan fingerprint density at radius 2 is 1.51 bits per heavy atom. The van der Waals surface area contributed by atoms with E-state index in [1.165, 1.54) is 5.06 Å². The van der Waals surface area contributed by atoms with E-state index >= 15 is 0 Å². The lowest BCUT2D eigenvalue weighted by Crippen LogP contribution is -2.55. The molecule has 0 saturated heterocycles. The minimum Gasteiger partial charge on any atom is -0.444 e. The molecule has 1 aromatic carbocycles. The number of hydrogen-bond donors (Lipinski definition) is 2. The second kappa shape index (κ2) is 12.9. The van der Waals surface area contributed by atoms with E-state index in [4.69, 9.17) is 9.57 Å². The molecule has 0 radical (unpaired) electrons. The lowest BCUT2D eigenvalue weighted by atomic mass is 10.0. The largest absolute Gasteiger partial charge is 0.444 e. The Hall–Kier alpha value is -2.61. The molecule has 35 heavy (non-hydrogen) atoms. The van der Waals surface area contributed by atoms with Crippen LogP contribution in [0.2, 0.25) is 0 Å². The van der Waals surface area contributed by atoms with Crippen LogP contribution in [-0.2, 0) is 25.7 Å². The average Bonchev–Trinajstić information content (AvgIpc) is 2.67. The topological polar surface area (TPSA) is 97.0 Å². The fraction of sp³-hybridized carbons (Fsp3) is 0.667. The van der Waals surface area contributed by atoms with Crippen LogP contribution in [0.5, 0.6) is 0 Å². The third-order valence-corrected chi connectivity index (χ3v) is 4.82. The van der Waals surface area contributed by atoms with Crippen LogP contribution in [0.1, 0.15) is 81.2 Å². The van der Waals surface area contributed by atoms with Crippen LogP contribution in [0.4, 0.5) is 4.79 Å². The normalized spacial score (nSPS) is 14.0. The van der Waals surface area contributed by atoms with Crippen LogP contribution in [0, 0.1) is 11.8 Å². The van der Waals surface area contributed by atoms with Gasteiger partial charge in [-0.1, -0.05) is 58.0 Å². The number of rotatable bonds is 10. The van der Waals surface area contributed by atoms with Crippen molar-refractivity contribution in [2.24, 2.45) is 11.8 Å². The highest BCUT2D eigenvalue weighted by Gasteiger charge is 2.35. The Morgan fingerprint density at radius 3 is 1.97 bits per heavy atom. The van der Waals surface area contributed by atoms with E-state index in [0.29, 0.717) is 6.42 Å². The number of alkyl carbamates (subject to hydrolysis) is 1. The molecule has 0 aliphatic heterocycles. The number of hydroxylamine groups is 2. The van der Waals surface area contributed by atoms with Gasteiger partial charge in [0.2, 0.25) is 5.91 Å². The molecule has 2 N–H and O–H groups in total. The zero-order valence-electron chi connectivity index (χ0n) is 23.1. The van der Waals surface area contributed by atoms with E-state index in [2.05, 4.69) is 10.6 Å². The van der Waals surface area contributed by atoms with Gasteiger partial charge >= 0.3 is 12.1 Å². The number of carbonyl (C=O) groups excluding carboxylic acids is 3. The molecule has 2 atom stereocenters. The van der Waals surface area contributed by atoms with Crippen LogP contribution < -0.4 is 10.6 Å². The number of carbonyl (C=O) groups is 3. The Labute approximate surface area is 211 Å². The van der Waals surface area contributed by atoms with Gasteiger partial charge in [0, 0.05) is 5.54 Å². The molecule has 0 aromatic heterocycles. The second-order valence-electron chi connectivity index (χ2n) is 11.7. The van der Waals surface area contributed by atoms with Gasteiger partial charge in [0.05, 0.1) is 6.54 Å². The molecule has 8 nitrogen and oxygen atoms in total. The summed E-state index contributed by atoms with van der Waals surface area (Å²) in [5, 5.41) is 7.07. The summed E-state index contributed by atoms with van der Waals surface area (Å²) in [6.45, 7) is 18.8. The van der Waals surface area contributed by atoms with Crippen LogP contribution in [0.15, 0.2) is 30.3 Å². The van der Waals surface area contributed by atoms with Gasteiger partial charge in [0.1, 0.15) is 17.7 Å². The first-order chi connectivity index (χ1) is 16.0. The van der Waals surface area contributed by atoms with E-state index in [9.17, 15) is 14.4 Å². The minimum atomic E-state index is -0.950. The second-order valence-corrected chi connectivity index (χ2v) is 11.7. The maximum Gasteiger partial charge on any atom is 0.408 e. The van der Waals surface area contributed by atoms with Crippen molar-refractivity contribution in [3.8, 4) is 0 Å². The SMILES string of the molecule is CC(C)CC(C(=O)NC(C)(C)C)N(Cc1ccccc1)OC(=O)[C@@H](NC(=O)OC(C)(C)C)C(C)C. The molecule has 2 amide bonds. The van der Waals surface area contributed by atoms with Crippen molar-refractivity contribution < 1.29 is 24.0 Å². The summed E-state index contributed by atoms with van der Waals surface area (Å²) >= 11 is 0. The van der Waals surface area contributed by atoms with Gasteiger partial charge in [-0.05, 0) is 65.4 Å². The molecule has 0 spiro atoms. The predicted molar refractivity (Wildman–Crippen MR) is 137 cm³/mol. The summed E-state index contributed by atoms with van der Waals surface area (Å²) in [7, 11) is 0. The highest BCUT2D eigenvalue weighted by atomic mass is 16.7. The monoisotopic (exact) mass is 491 g/mol. The van der Waals surface area contributed by atoms with Crippen LogP contribution >= 0.6 is 0 Å². The zero-order valence-corrected chi connectivity index (χ0v) is 23.1. The van der Waals surface area contributed by atoms with Crippen molar-refractivity contribution >= 4 is 18.0 Å². The molecule has 0 bridgehead atoms. The van der Waals surface area contributed by atoms with Crippen molar-refractivity contribution in [2.45, 2.75) is 105 Å². The fourth-order valence-electron chi connectivity index (χ4n) is 3.33. The molecular formula is C27H45N3O5. The summed E-state index contributed by atoms with van der Waals surface area (Å²) < 4.78 is 5.33. The molecular weight excluding hydrogens is 446 g/mol. The van der Waals surface area contributed by atoms with Crippen molar-refractivity contribution in [2.75, 3.05) is 0 Å². The number of ether oxygens (including phenoxy) is 1. The first-order valence-electron chi connectivity index (χ1n) is 12.3. The number of benzene rings is 1. The lowest BCUT2D eigenvalue weighted by Gasteiger charge is -2.34. The van der Waals surface area contributed by atoms with Crippen LogP contribution in [0.3, 0.4) is 0 Å². The lowest BCUT2D eigenvalue weighted by molar-refractivity contribution is -0.211. The molecule has 1 unspecified atom stereocenters. The highest BCUT2D eigenvalue weighted by molar-refractivity contribution is 5.84. The van der Waals surface area contributed by atoms with Crippen LogP contribution in [-0.4, -0.2) is 46.3 Å². The molecule has 0 fully saturated rings. The van der Waals surface area contributed by atoms with Gasteiger partial charge in [-0.3, -0.25) is 4.79 Å². The number of hydrogen-bond acceptors (Lipinski definition) is 6. The molecule has 0 aliphatic rings. The maximum absolute atomic E-state index is 13.3. The van der Waals surface area contributed by atoms with Gasteiger partial charge in [-0.2, -0.15) is 0 Å². The van der Waals surface area contributed by atoms with Gasteiger partial charge in [0.15, 0.2) is 0 Å². The Balaban J connectivity index is 3.26. The van der Waals surface area contributed by atoms with Crippen LogP contribution in [0.25, 0.3) is 0 Å². The molecule has 0 heterocycles. The van der Waals surface area contributed by atoms with Crippen molar-refractivity contribution in [1.82, 2.24) is 15.7 Å². The first kappa shape index (κ1) is 30.4. The highest BCUT2D eigenvalue weighted by Crippen LogP contribution is 2.19. The fourth-order valence-corrected chi connectivity index (χ4v) is 3.33. The first-order valence-corrected chi connectivity index (χ1v) is 12.3. The van der Waals surface area contributed by atoms with E-state index in [-0.39, 0.29) is 24.3 Å². The zero-order chi connectivity index (χ0) is 27.0. The summed E-state index contributed by atoms with van der Waals surface area (Å²) in [6, 6.07) is 7.84. The molecule has 8 heteroatoms. The standard InChI is InChI=1S/C27H45N3O5/c1-18(2)16-21(23(31)29-26(5,6)7)30(17-20-14-12-11-13-15-20)35-24(32)22(19(3)4)28-25(33)34-27(8,9)10/h11-15,18-19,21-22H,16-17H2,1-10H3,(H,28,33)(H,29,31)/t21?,22-/m0/s1. The summed E-state index contributed by atoms with van der Waals surface area (Å²) in [5.74, 6) is -0.973. The number of nitrogens with zero attached hydrogens (tertiary/aromatic N) is 1. The number of nitrogens with one attached hydrogen (secondary N) is 2. The summed E-state index contributed by atoms with van der Waals surface area (Å²) in [5.41, 5.74) is -0.269. The molecule has 0 saturated carbocycles. The van der Waals surface area contributed by atoms with Gasteiger partial charge in [0.25, 0.3) is 0 Å². The van der Waals surface area contributed by atoms with E-state index in [0.717, 1.165) is 5.56 Å². The van der Waals surface area contributed by atoms with Gasteiger partial charge < -0.3 is 20.2 Å². The smallest absolute Gasteiger partial charge is 0.408 e. The van der Waals surface area contributed by atoms with E-state index in [1.807, 2.05) is 78.8 Å². The quantitative estimate of drug-likeness (QED) is 0.455. The molecule has 1 rings (SSSR count). The van der Waals surface area contributed by atoms with Crippen molar-refractivity contribution in [1.29, 1.82) is 0 Å². The van der Waals surface area contributed by atoms with Gasteiger partial charge in [-0.15, -0.1) is 5.06 Å². The minimum absolute atomic E-state index is 0.170. The Bertz CT molecular complexity index is 825. The third-order valence-electron chi connectivity index (χ3n) is 4.82. The van der Waals surface area contributed by atoms with Crippen molar-refractivity contribution in [3.05, 3.63) is 35.9 Å². The van der Waals surface area contributed by atoms with E-state index in [1.54, 1.807) is 20.8 Å². The molecule has 198 valence electrons.